The number of hydrogen-bond donors (Lipinski definition) is 1. The lowest BCUT2D eigenvalue weighted by Gasteiger charge is -2.43. The molecule has 1 amide bonds. The summed E-state index contributed by atoms with van der Waals surface area (Å²) in [7, 11) is 0. The van der Waals surface area contributed by atoms with Gasteiger partial charge in [-0.15, -0.1) is 0 Å². The van der Waals surface area contributed by atoms with E-state index in [2.05, 4.69) is 22.3 Å². The molecule has 1 spiro atoms. The standard InChI is InChI=1S/C32H42ClN5O3/c1-31(2,3)41-30(39)38-21-9-10-22(38)18-37(17-21)28-24-12-14-32(13-11-23-25(32)7-4-8-26(23)33)16-27(24)35-29(36-28)40-19-20-6-5-15-34-20/h4,7-8,20-22,34H,5-6,9-19H2,1-3H3/t20-,21?,22?,32?/m0/s1. The molecule has 2 aromatic rings. The average molecular weight is 580 g/mol. The van der Waals surface area contributed by atoms with E-state index >= 15 is 0 Å². The number of nitrogens with zero attached hydrogens (tertiary/aromatic N) is 4. The molecule has 3 aliphatic heterocycles. The van der Waals surface area contributed by atoms with E-state index in [9.17, 15) is 4.79 Å². The summed E-state index contributed by atoms with van der Waals surface area (Å²) < 4.78 is 12.1. The van der Waals surface area contributed by atoms with Gasteiger partial charge in [0.25, 0.3) is 0 Å². The van der Waals surface area contributed by atoms with E-state index in [0.717, 1.165) is 87.5 Å². The van der Waals surface area contributed by atoms with Crippen LogP contribution in [0.15, 0.2) is 18.2 Å². The number of aromatic nitrogens is 2. The van der Waals surface area contributed by atoms with Crippen molar-refractivity contribution in [1.82, 2.24) is 20.2 Å². The lowest BCUT2D eigenvalue weighted by Crippen LogP contribution is -2.57. The topological polar surface area (TPSA) is 79.8 Å². The third-order valence-corrected chi connectivity index (χ3v) is 10.3. The lowest BCUT2D eigenvalue weighted by atomic mass is 9.69. The van der Waals surface area contributed by atoms with Crippen molar-refractivity contribution < 1.29 is 14.3 Å². The quantitative estimate of drug-likeness (QED) is 0.532. The molecule has 2 aliphatic carbocycles. The Morgan fingerprint density at radius 2 is 1.85 bits per heavy atom. The molecule has 3 unspecified atom stereocenters. The number of carbonyl (C=O) groups is 1. The second-order valence-electron chi connectivity index (χ2n) is 13.8. The van der Waals surface area contributed by atoms with E-state index < -0.39 is 5.60 Å². The number of carbonyl (C=O) groups excluding carboxylic acids is 1. The summed E-state index contributed by atoms with van der Waals surface area (Å²) in [6, 6.07) is 7.47. The van der Waals surface area contributed by atoms with Crippen LogP contribution in [0, 0.1) is 0 Å². The maximum absolute atomic E-state index is 13.1. The van der Waals surface area contributed by atoms with Crippen molar-refractivity contribution in [2.24, 2.45) is 0 Å². The van der Waals surface area contributed by atoms with Crippen LogP contribution in [-0.2, 0) is 29.4 Å². The fourth-order valence-corrected chi connectivity index (χ4v) is 8.28. The van der Waals surface area contributed by atoms with Gasteiger partial charge in [-0.1, -0.05) is 23.7 Å². The van der Waals surface area contributed by atoms with Crippen LogP contribution in [-0.4, -0.2) is 70.9 Å². The van der Waals surface area contributed by atoms with Crippen molar-refractivity contribution in [2.75, 3.05) is 31.1 Å². The number of anilines is 1. The molecule has 0 saturated carbocycles. The monoisotopic (exact) mass is 579 g/mol. The highest BCUT2D eigenvalue weighted by Gasteiger charge is 2.47. The molecule has 4 atom stereocenters. The lowest BCUT2D eigenvalue weighted by molar-refractivity contribution is 0.0122. The number of ether oxygens (including phenoxy) is 2. The Morgan fingerprint density at radius 1 is 1.10 bits per heavy atom. The number of amides is 1. The molecule has 7 rings (SSSR count). The number of piperazine rings is 1. The zero-order valence-corrected chi connectivity index (χ0v) is 25.3. The van der Waals surface area contributed by atoms with Gasteiger partial charge in [0.05, 0.1) is 17.8 Å². The minimum absolute atomic E-state index is 0.0670. The molecular formula is C32H42ClN5O3. The van der Waals surface area contributed by atoms with Crippen molar-refractivity contribution in [1.29, 1.82) is 0 Å². The highest BCUT2D eigenvalue weighted by atomic mass is 35.5. The second-order valence-corrected chi connectivity index (χ2v) is 14.2. The van der Waals surface area contributed by atoms with E-state index in [1.165, 1.54) is 23.1 Å². The van der Waals surface area contributed by atoms with E-state index in [0.29, 0.717) is 18.7 Å². The molecular weight excluding hydrogens is 538 g/mol. The zero-order valence-electron chi connectivity index (χ0n) is 24.5. The van der Waals surface area contributed by atoms with Crippen LogP contribution < -0.4 is 15.0 Å². The van der Waals surface area contributed by atoms with Crippen LogP contribution in [0.5, 0.6) is 6.01 Å². The minimum Gasteiger partial charge on any atom is -0.462 e. The molecule has 0 radical (unpaired) electrons. The first kappa shape index (κ1) is 27.3. The molecule has 3 fully saturated rings. The highest BCUT2D eigenvalue weighted by molar-refractivity contribution is 6.31. The Labute approximate surface area is 248 Å². The summed E-state index contributed by atoms with van der Waals surface area (Å²) in [6.07, 6.45) is 9.10. The number of benzene rings is 1. The molecule has 1 aromatic heterocycles. The summed E-state index contributed by atoms with van der Waals surface area (Å²) in [5.41, 5.74) is 4.65. The number of rotatable bonds is 4. The van der Waals surface area contributed by atoms with Crippen LogP contribution in [0.25, 0.3) is 0 Å². The molecule has 41 heavy (non-hydrogen) atoms. The Hall–Kier alpha value is -2.58. The maximum atomic E-state index is 13.1. The van der Waals surface area contributed by atoms with Gasteiger partial charge in [-0.05, 0) is 102 Å². The smallest absolute Gasteiger partial charge is 0.410 e. The van der Waals surface area contributed by atoms with Crippen molar-refractivity contribution >= 4 is 23.5 Å². The first-order valence-corrected chi connectivity index (χ1v) is 15.9. The van der Waals surface area contributed by atoms with Gasteiger partial charge in [0, 0.05) is 35.1 Å². The van der Waals surface area contributed by atoms with Gasteiger partial charge in [0.2, 0.25) is 0 Å². The first-order chi connectivity index (χ1) is 19.7. The van der Waals surface area contributed by atoms with E-state index in [1.54, 1.807) is 0 Å². The third kappa shape index (κ3) is 5.05. The van der Waals surface area contributed by atoms with Gasteiger partial charge in [-0.3, -0.25) is 4.90 Å². The molecule has 220 valence electrons. The molecule has 8 nitrogen and oxygen atoms in total. The van der Waals surface area contributed by atoms with Crippen molar-refractivity contribution in [3.05, 3.63) is 45.6 Å². The van der Waals surface area contributed by atoms with Gasteiger partial charge in [-0.2, -0.15) is 9.97 Å². The van der Waals surface area contributed by atoms with Gasteiger partial charge in [-0.25, -0.2) is 4.79 Å². The van der Waals surface area contributed by atoms with Gasteiger partial charge in [0.15, 0.2) is 0 Å². The molecule has 1 N–H and O–H groups in total. The highest BCUT2D eigenvalue weighted by Crippen LogP contribution is 2.50. The largest absolute Gasteiger partial charge is 0.462 e. The molecule has 2 bridgehead atoms. The van der Waals surface area contributed by atoms with Crippen LogP contribution in [0.4, 0.5) is 10.6 Å². The summed E-state index contributed by atoms with van der Waals surface area (Å²) in [5.74, 6) is 1.00. The predicted molar refractivity (Wildman–Crippen MR) is 159 cm³/mol. The Balaban J connectivity index is 1.19. The SMILES string of the molecule is CC(C)(C)OC(=O)N1C2CCC1CN(c1nc(OC[C@@H]3CCCN3)nc3c1CCC1(CCc4c(Cl)cccc41)C3)C2. The van der Waals surface area contributed by atoms with Crippen molar-refractivity contribution in [2.45, 2.75) is 108 Å². The summed E-state index contributed by atoms with van der Waals surface area (Å²) in [5, 5.41) is 4.41. The molecule has 1 aromatic carbocycles. The summed E-state index contributed by atoms with van der Waals surface area (Å²) in [6.45, 7) is 8.94. The fourth-order valence-electron chi connectivity index (χ4n) is 8.01. The van der Waals surface area contributed by atoms with E-state index in [-0.39, 0.29) is 23.6 Å². The Morgan fingerprint density at radius 3 is 2.56 bits per heavy atom. The number of halogens is 1. The van der Waals surface area contributed by atoms with Crippen molar-refractivity contribution in [3.63, 3.8) is 0 Å². The molecule has 5 aliphatic rings. The fraction of sp³-hybridized carbons (Fsp3) is 0.656. The van der Waals surface area contributed by atoms with Crippen LogP contribution >= 0.6 is 11.6 Å². The van der Waals surface area contributed by atoms with E-state index in [1.807, 2.05) is 31.7 Å². The minimum atomic E-state index is -0.501. The zero-order chi connectivity index (χ0) is 28.4. The van der Waals surface area contributed by atoms with Gasteiger partial charge >= 0.3 is 12.1 Å². The third-order valence-electron chi connectivity index (χ3n) is 9.92. The number of hydrogen-bond acceptors (Lipinski definition) is 7. The second kappa shape index (κ2) is 10.3. The van der Waals surface area contributed by atoms with Gasteiger partial charge < -0.3 is 19.7 Å². The first-order valence-electron chi connectivity index (χ1n) is 15.5. The van der Waals surface area contributed by atoms with Gasteiger partial charge in [0.1, 0.15) is 18.0 Å². The molecule has 9 heteroatoms. The predicted octanol–water partition coefficient (Wildman–Crippen LogP) is 5.22. The average Bonchev–Trinajstić information content (AvgIpc) is 3.64. The molecule has 3 saturated heterocycles. The van der Waals surface area contributed by atoms with E-state index in [4.69, 9.17) is 31.0 Å². The van der Waals surface area contributed by atoms with Crippen LogP contribution in [0.1, 0.15) is 81.7 Å². The van der Waals surface area contributed by atoms with Crippen LogP contribution in [0.3, 0.4) is 0 Å². The maximum Gasteiger partial charge on any atom is 0.410 e. The Kier molecular flexibility index (Phi) is 6.85. The van der Waals surface area contributed by atoms with Crippen LogP contribution in [0.2, 0.25) is 5.02 Å². The summed E-state index contributed by atoms with van der Waals surface area (Å²) in [4.78, 5) is 27.7. The summed E-state index contributed by atoms with van der Waals surface area (Å²) >= 11 is 6.64. The molecule has 4 heterocycles. The number of nitrogens with one attached hydrogen (secondary N) is 1. The number of fused-ring (bicyclic) bond motifs is 5. The van der Waals surface area contributed by atoms with Crippen molar-refractivity contribution in [3.8, 4) is 6.01 Å². The normalized spacial score (nSPS) is 28.6. The Bertz CT molecular complexity index is 1330.